The number of nitriles is 1. The minimum atomic E-state index is -0.341. The summed E-state index contributed by atoms with van der Waals surface area (Å²) in [4.78, 5) is 12.0. The minimum absolute atomic E-state index is 0.113. The molecule has 0 aliphatic carbocycles. The molecule has 0 radical (unpaired) electrons. The lowest BCUT2D eigenvalue weighted by Crippen LogP contribution is -2.25. The lowest BCUT2D eigenvalue weighted by atomic mass is 10.0. The van der Waals surface area contributed by atoms with Crippen LogP contribution in [0.15, 0.2) is 29.4 Å². The van der Waals surface area contributed by atoms with Gasteiger partial charge in [-0.2, -0.15) is 10.4 Å². The second-order valence-electron chi connectivity index (χ2n) is 6.52. The number of aromatic nitrogens is 1. The minimum Gasteiger partial charge on any atom is -0.483 e. The fourth-order valence-electron chi connectivity index (χ4n) is 2.55. The predicted molar refractivity (Wildman–Crippen MR) is 101 cm³/mol. The summed E-state index contributed by atoms with van der Waals surface area (Å²) < 4.78 is 7.45. The van der Waals surface area contributed by atoms with Crippen LogP contribution in [0.25, 0.3) is 0 Å². The van der Waals surface area contributed by atoms with Crippen LogP contribution >= 0.6 is 0 Å². The van der Waals surface area contributed by atoms with Crippen LogP contribution in [0.3, 0.4) is 0 Å². The van der Waals surface area contributed by atoms with E-state index in [2.05, 4.69) is 30.4 Å². The van der Waals surface area contributed by atoms with Crippen molar-refractivity contribution in [1.82, 2.24) is 9.99 Å². The van der Waals surface area contributed by atoms with Crippen molar-refractivity contribution in [2.24, 2.45) is 12.1 Å². The number of hydrogen-bond donors (Lipinski definition) is 1. The zero-order valence-corrected chi connectivity index (χ0v) is 15.8. The van der Waals surface area contributed by atoms with E-state index in [1.54, 1.807) is 10.6 Å². The number of hydrogen-bond acceptors (Lipinski definition) is 4. The lowest BCUT2D eigenvalue weighted by Gasteiger charge is -2.14. The quantitative estimate of drug-likeness (QED) is 0.640. The Morgan fingerprint density at radius 1 is 1.38 bits per heavy atom. The smallest absolute Gasteiger partial charge is 0.277 e. The summed E-state index contributed by atoms with van der Waals surface area (Å²) in [5, 5.41) is 13.0. The molecular weight excluding hydrogens is 328 g/mol. The molecule has 0 aliphatic heterocycles. The summed E-state index contributed by atoms with van der Waals surface area (Å²) in [7, 11) is 1.81. The van der Waals surface area contributed by atoms with E-state index in [1.807, 2.05) is 39.1 Å². The third-order valence-corrected chi connectivity index (χ3v) is 4.23. The molecule has 0 atom stereocenters. The second-order valence-corrected chi connectivity index (χ2v) is 6.52. The molecule has 0 aliphatic rings. The molecule has 0 fully saturated rings. The van der Waals surface area contributed by atoms with Crippen LogP contribution in [0.2, 0.25) is 0 Å². The van der Waals surface area contributed by atoms with Crippen molar-refractivity contribution in [2.45, 2.75) is 33.6 Å². The maximum absolute atomic E-state index is 12.0. The van der Waals surface area contributed by atoms with E-state index in [-0.39, 0.29) is 12.5 Å². The fourth-order valence-corrected chi connectivity index (χ4v) is 2.55. The Hall–Kier alpha value is -3.07. The van der Waals surface area contributed by atoms with Gasteiger partial charge in [0.05, 0.1) is 6.21 Å². The Balaban J connectivity index is 1.96. The van der Waals surface area contributed by atoms with Crippen LogP contribution in [-0.2, 0) is 11.8 Å². The fraction of sp³-hybridized carbons (Fsp3) is 0.350. The molecule has 2 aromatic rings. The molecule has 0 saturated carbocycles. The number of benzene rings is 1. The first-order valence-corrected chi connectivity index (χ1v) is 8.45. The van der Waals surface area contributed by atoms with Crippen LogP contribution in [0.5, 0.6) is 5.75 Å². The molecule has 6 heteroatoms. The molecule has 1 aromatic carbocycles. The maximum Gasteiger partial charge on any atom is 0.277 e. The second kappa shape index (κ2) is 8.34. The molecule has 1 aromatic heterocycles. The highest BCUT2D eigenvalue weighted by atomic mass is 16.5. The van der Waals surface area contributed by atoms with Crippen LogP contribution in [0.1, 0.15) is 47.8 Å². The zero-order chi connectivity index (χ0) is 19.3. The van der Waals surface area contributed by atoms with E-state index < -0.39 is 0 Å². The van der Waals surface area contributed by atoms with Crippen molar-refractivity contribution in [3.05, 3.63) is 52.3 Å². The first-order valence-electron chi connectivity index (χ1n) is 8.45. The molecule has 136 valence electrons. The summed E-state index contributed by atoms with van der Waals surface area (Å²) in [6.45, 7) is 7.92. The number of rotatable bonds is 6. The monoisotopic (exact) mass is 352 g/mol. The lowest BCUT2D eigenvalue weighted by molar-refractivity contribution is -0.123. The van der Waals surface area contributed by atoms with E-state index in [4.69, 9.17) is 10.00 Å². The van der Waals surface area contributed by atoms with Crippen LogP contribution < -0.4 is 10.2 Å². The van der Waals surface area contributed by atoms with Gasteiger partial charge in [0, 0.05) is 18.3 Å². The van der Waals surface area contributed by atoms with E-state index in [0.717, 1.165) is 28.1 Å². The highest BCUT2D eigenvalue weighted by Crippen LogP contribution is 2.27. The molecule has 0 bridgehead atoms. The highest BCUT2D eigenvalue weighted by Gasteiger charge is 2.10. The van der Waals surface area contributed by atoms with Crippen LogP contribution in [-0.4, -0.2) is 23.3 Å². The first-order chi connectivity index (χ1) is 12.3. The van der Waals surface area contributed by atoms with Gasteiger partial charge in [0.15, 0.2) is 6.61 Å². The number of carbonyl (C=O) groups excluding carboxylic acids is 1. The van der Waals surface area contributed by atoms with E-state index in [0.29, 0.717) is 11.6 Å². The number of nitrogens with one attached hydrogen (secondary N) is 1. The molecule has 26 heavy (non-hydrogen) atoms. The SMILES string of the molecule is Cc1ccc(C(C)C)c(OCC(=O)N/N=C\c2cc(C#N)n(C)c2C)c1. The number of nitrogens with zero attached hydrogens (tertiary/aromatic N) is 3. The van der Waals surface area contributed by atoms with Crippen molar-refractivity contribution >= 4 is 12.1 Å². The summed E-state index contributed by atoms with van der Waals surface area (Å²) in [6, 6.07) is 9.82. The van der Waals surface area contributed by atoms with Crippen LogP contribution in [0.4, 0.5) is 0 Å². The number of aryl methyl sites for hydroxylation is 1. The average Bonchev–Trinajstić information content (AvgIpc) is 2.87. The van der Waals surface area contributed by atoms with Gasteiger partial charge < -0.3 is 9.30 Å². The van der Waals surface area contributed by atoms with E-state index in [1.165, 1.54) is 6.21 Å². The van der Waals surface area contributed by atoms with Gasteiger partial charge >= 0.3 is 0 Å². The van der Waals surface area contributed by atoms with Gasteiger partial charge in [-0.25, -0.2) is 5.43 Å². The Bertz CT molecular complexity index is 873. The van der Waals surface area contributed by atoms with Gasteiger partial charge in [-0.1, -0.05) is 26.0 Å². The van der Waals surface area contributed by atoms with Gasteiger partial charge in [-0.05, 0) is 43.0 Å². The van der Waals surface area contributed by atoms with Crippen molar-refractivity contribution in [3.8, 4) is 11.8 Å². The van der Waals surface area contributed by atoms with Crippen LogP contribution in [0, 0.1) is 25.2 Å². The molecule has 1 amide bonds. The van der Waals surface area contributed by atoms with Gasteiger partial charge in [-0.3, -0.25) is 4.79 Å². The Labute approximate surface area is 154 Å². The highest BCUT2D eigenvalue weighted by molar-refractivity contribution is 5.84. The molecule has 1 N–H and O–H groups in total. The molecule has 0 spiro atoms. The van der Waals surface area contributed by atoms with Crippen molar-refractivity contribution in [2.75, 3.05) is 6.61 Å². The molecule has 0 saturated heterocycles. The summed E-state index contributed by atoms with van der Waals surface area (Å²) in [6.07, 6.45) is 1.53. The first kappa shape index (κ1) is 19.3. The standard InChI is InChI=1S/C20H24N4O2/c1-13(2)18-7-6-14(3)8-19(18)26-12-20(25)23-22-11-16-9-17(10-21)24(5)15(16)4/h6-9,11,13H,12H2,1-5H3,(H,23,25)/b22-11-. The predicted octanol–water partition coefficient (Wildman–Crippen LogP) is 3.17. The van der Waals surface area contributed by atoms with E-state index in [9.17, 15) is 4.79 Å². The third-order valence-electron chi connectivity index (χ3n) is 4.23. The molecule has 2 rings (SSSR count). The molecule has 6 nitrogen and oxygen atoms in total. The van der Waals surface area contributed by atoms with Crippen molar-refractivity contribution < 1.29 is 9.53 Å². The zero-order valence-electron chi connectivity index (χ0n) is 15.8. The maximum atomic E-state index is 12.0. The Kier molecular flexibility index (Phi) is 6.18. The normalized spacial score (nSPS) is 11.0. The summed E-state index contributed by atoms with van der Waals surface area (Å²) >= 11 is 0. The Morgan fingerprint density at radius 3 is 2.73 bits per heavy atom. The molecule has 0 unspecified atom stereocenters. The number of ether oxygens (including phenoxy) is 1. The van der Waals surface area contributed by atoms with E-state index >= 15 is 0 Å². The van der Waals surface area contributed by atoms with Gasteiger partial charge in [0.2, 0.25) is 0 Å². The van der Waals surface area contributed by atoms with Gasteiger partial charge in [0.1, 0.15) is 17.5 Å². The summed E-state index contributed by atoms with van der Waals surface area (Å²) in [5.41, 5.74) is 6.82. The summed E-state index contributed by atoms with van der Waals surface area (Å²) in [5.74, 6) is 0.685. The van der Waals surface area contributed by atoms with Gasteiger partial charge in [0.25, 0.3) is 5.91 Å². The molecular formula is C20H24N4O2. The number of carbonyl (C=O) groups is 1. The van der Waals surface area contributed by atoms with Gasteiger partial charge in [-0.15, -0.1) is 0 Å². The largest absolute Gasteiger partial charge is 0.483 e. The van der Waals surface area contributed by atoms with Crippen molar-refractivity contribution in [1.29, 1.82) is 5.26 Å². The number of hydrazone groups is 1. The topological polar surface area (TPSA) is 79.4 Å². The molecule has 1 heterocycles. The number of amides is 1. The Morgan fingerprint density at radius 2 is 2.12 bits per heavy atom. The average molecular weight is 352 g/mol. The van der Waals surface area contributed by atoms with Crippen molar-refractivity contribution in [3.63, 3.8) is 0 Å². The third kappa shape index (κ3) is 4.51.